The van der Waals surface area contributed by atoms with Crippen LogP contribution in [0, 0.1) is 5.41 Å². The Morgan fingerprint density at radius 1 is 1.06 bits per heavy atom. The summed E-state index contributed by atoms with van der Waals surface area (Å²) in [4.78, 5) is 11.1. The third-order valence-electron chi connectivity index (χ3n) is 2.40. The largest absolute Gasteiger partial charge is 0.356 e. The standard InChI is InChI=1S/C13H27NO.C2H6/c1-5-9-12(15)14-11-8-6-7-10-13(2,3)4;1-2/h5-11H2,1-4H3,(H,14,15);1-2H3. The smallest absolute Gasteiger partial charge is 0.219 e. The summed E-state index contributed by atoms with van der Waals surface area (Å²) < 4.78 is 0. The molecule has 0 bridgehead atoms. The molecule has 1 amide bonds. The highest BCUT2D eigenvalue weighted by Crippen LogP contribution is 2.21. The van der Waals surface area contributed by atoms with Crippen molar-refractivity contribution in [2.45, 2.75) is 80.1 Å². The molecule has 17 heavy (non-hydrogen) atoms. The minimum atomic E-state index is 0.202. The number of hydrogen-bond acceptors (Lipinski definition) is 1. The molecule has 0 spiro atoms. The van der Waals surface area contributed by atoms with E-state index in [1.807, 2.05) is 20.8 Å². The molecule has 104 valence electrons. The quantitative estimate of drug-likeness (QED) is 0.654. The van der Waals surface area contributed by atoms with E-state index >= 15 is 0 Å². The van der Waals surface area contributed by atoms with Crippen LogP contribution in [0.25, 0.3) is 0 Å². The third kappa shape index (κ3) is 18.1. The van der Waals surface area contributed by atoms with Crippen molar-refractivity contribution in [3.63, 3.8) is 0 Å². The number of rotatable bonds is 7. The molecule has 0 atom stereocenters. The zero-order valence-electron chi connectivity index (χ0n) is 12.9. The maximum atomic E-state index is 11.1. The third-order valence-corrected chi connectivity index (χ3v) is 2.40. The summed E-state index contributed by atoms with van der Waals surface area (Å²) in [6.45, 7) is 13.7. The van der Waals surface area contributed by atoms with Crippen LogP contribution < -0.4 is 5.32 Å². The molecule has 0 aromatic rings. The highest BCUT2D eigenvalue weighted by Gasteiger charge is 2.08. The fraction of sp³-hybridized carbons (Fsp3) is 0.933. The molecular formula is C15H33NO. The Kier molecular flexibility index (Phi) is 13.2. The monoisotopic (exact) mass is 243 g/mol. The van der Waals surface area contributed by atoms with Crippen LogP contribution in [-0.4, -0.2) is 12.5 Å². The van der Waals surface area contributed by atoms with E-state index in [2.05, 4.69) is 26.1 Å². The average Bonchev–Trinajstić information content (AvgIpc) is 2.25. The second kappa shape index (κ2) is 11.9. The van der Waals surface area contributed by atoms with Crippen molar-refractivity contribution in [1.82, 2.24) is 5.32 Å². The average molecular weight is 243 g/mol. The van der Waals surface area contributed by atoms with Gasteiger partial charge in [0.25, 0.3) is 0 Å². The molecule has 0 saturated carbocycles. The number of hydrogen-bond donors (Lipinski definition) is 1. The number of amides is 1. The SMILES string of the molecule is CC.CCCC(=O)NCCCCCC(C)(C)C. The molecule has 0 radical (unpaired) electrons. The highest BCUT2D eigenvalue weighted by molar-refractivity contribution is 5.75. The molecule has 2 nitrogen and oxygen atoms in total. The summed E-state index contributed by atoms with van der Waals surface area (Å²) in [5, 5.41) is 2.94. The van der Waals surface area contributed by atoms with E-state index in [1.54, 1.807) is 0 Å². The van der Waals surface area contributed by atoms with E-state index in [0.29, 0.717) is 11.8 Å². The van der Waals surface area contributed by atoms with Crippen LogP contribution in [-0.2, 0) is 4.79 Å². The highest BCUT2D eigenvalue weighted by atomic mass is 16.1. The lowest BCUT2D eigenvalue weighted by Gasteiger charge is -2.17. The van der Waals surface area contributed by atoms with Crippen LogP contribution in [0.4, 0.5) is 0 Å². The lowest BCUT2D eigenvalue weighted by atomic mass is 9.89. The van der Waals surface area contributed by atoms with Crippen molar-refractivity contribution in [1.29, 1.82) is 0 Å². The Morgan fingerprint density at radius 3 is 2.12 bits per heavy atom. The lowest BCUT2D eigenvalue weighted by molar-refractivity contribution is -0.121. The Bertz CT molecular complexity index is 170. The summed E-state index contributed by atoms with van der Waals surface area (Å²) in [5.74, 6) is 0.202. The maximum absolute atomic E-state index is 11.1. The first kappa shape index (κ1) is 18.8. The molecule has 0 aliphatic carbocycles. The molecule has 1 N–H and O–H groups in total. The lowest BCUT2D eigenvalue weighted by Crippen LogP contribution is -2.23. The van der Waals surface area contributed by atoms with E-state index in [-0.39, 0.29) is 5.91 Å². The van der Waals surface area contributed by atoms with Gasteiger partial charge in [0.05, 0.1) is 0 Å². The zero-order chi connectivity index (χ0) is 13.7. The maximum Gasteiger partial charge on any atom is 0.219 e. The molecule has 0 rings (SSSR count). The normalized spacial score (nSPS) is 10.5. The van der Waals surface area contributed by atoms with Gasteiger partial charge in [-0.05, 0) is 24.7 Å². The summed E-state index contributed by atoms with van der Waals surface area (Å²) >= 11 is 0. The molecule has 0 unspecified atom stereocenters. The first-order valence-corrected chi connectivity index (χ1v) is 7.22. The van der Waals surface area contributed by atoms with Gasteiger partial charge in [0.2, 0.25) is 5.91 Å². The van der Waals surface area contributed by atoms with Crippen LogP contribution in [0.3, 0.4) is 0 Å². The molecule has 0 aliphatic heterocycles. The van der Waals surface area contributed by atoms with Crippen molar-refractivity contribution in [2.24, 2.45) is 5.41 Å². The van der Waals surface area contributed by atoms with Gasteiger partial charge in [0.1, 0.15) is 0 Å². The van der Waals surface area contributed by atoms with Crippen molar-refractivity contribution >= 4 is 5.91 Å². The first-order chi connectivity index (χ1) is 7.95. The summed E-state index contributed by atoms with van der Waals surface area (Å²) in [6.07, 6.45) is 6.50. The Balaban J connectivity index is 0. The van der Waals surface area contributed by atoms with E-state index < -0.39 is 0 Å². The summed E-state index contributed by atoms with van der Waals surface area (Å²) in [5.41, 5.74) is 0.450. The van der Waals surface area contributed by atoms with Crippen molar-refractivity contribution in [3.8, 4) is 0 Å². The van der Waals surface area contributed by atoms with Crippen LogP contribution in [0.5, 0.6) is 0 Å². The minimum Gasteiger partial charge on any atom is -0.356 e. The molecule has 0 fully saturated rings. The molecule has 0 saturated heterocycles. The summed E-state index contributed by atoms with van der Waals surface area (Å²) in [7, 11) is 0. The fourth-order valence-electron chi connectivity index (χ4n) is 1.50. The predicted octanol–water partition coefficient (Wildman–Crippen LogP) is 4.54. The molecule has 0 aromatic heterocycles. The molecule has 0 heterocycles. The van der Waals surface area contributed by atoms with Gasteiger partial charge in [-0.2, -0.15) is 0 Å². The van der Waals surface area contributed by atoms with Crippen molar-refractivity contribution in [2.75, 3.05) is 6.54 Å². The van der Waals surface area contributed by atoms with Crippen LogP contribution in [0.1, 0.15) is 80.1 Å². The van der Waals surface area contributed by atoms with E-state index in [9.17, 15) is 4.79 Å². The van der Waals surface area contributed by atoms with Crippen LogP contribution in [0.2, 0.25) is 0 Å². The van der Waals surface area contributed by atoms with Crippen molar-refractivity contribution in [3.05, 3.63) is 0 Å². The minimum absolute atomic E-state index is 0.202. The van der Waals surface area contributed by atoms with Crippen molar-refractivity contribution < 1.29 is 4.79 Å². The second-order valence-electron chi connectivity index (χ2n) is 5.47. The van der Waals surface area contributed by atoms with E-state index in [4.69, 9.17) is 0 Å². The van der Waals surface area contributed by atoms with Gasteiger partial charge in [-0.3, -0.25) is 4.79 Å². The Morgan fingerprint density at radius 2 is 1.65 bits per heavy atom. The number of unbranched alkanes of at least 4 members (excludes halogenated alkanes) is 2. The van der Waals surface area contributed by atoms with E-state index in [0.717, 1.165) is 19.4 Å². The second-order valence-corrected chi connectivity index (χ2v) is 5.47. The fourth-order valence-corrected chi connectivity index (χ4v) is 1.50. The molecule has 2 heteroatoms. The van der Waals surface area contributed by atoms with Gasteiger partial charge in [-0.25, -0.2) is 0 Å². The van der Waals surface area contributed by atoms with E-state index in [1.165, 1.54) is 19.3 Å². The van der Waals surface area contributed by atoms with Gasteiger partial charge < -0.3 is 5.32 Å². The van der Waals surface area contributed by atoms with Crippen LogP contribution >= 0.6 is 0 Å². The van der Waals surface area contributed by atoms with Gasteiger partial charge in [0, 0.05) is 13.0 Å². The molecule has 0 aromatic carbocycles. The number of carbonyl (C=O) groups excluding carboxylic acids is 1. The topological polar surface area (TPSA) is 29.1 Å². The predicted molar refractivity (Wildman–Crippen MR) is 77.2 cm³/mol. The number of nitrogens with one attached hydrogen (secondary N) is 1. The van der Waals surface area contributed by atoms with Crippen LogP contribution in [0.15, 0.2) is 0 Å². The van der Waals surface area contributed by atoms with Gasteiger partial charge in [0.15, 0.2) is 0 Å². The Labute approximate surface area is 109 Å². The number of carbonyl (C=O) groups is 1. The van der Waals surface area contributed by atoms with Gasteiger partial charge in [-0.1, -0.05) is 54.4 Å². The molecular weight excluding hydrogens is 210 g/mol. The van der Waals surface area contributed by atoms with Gasteiger partial charge >= 0.3 is 0 Å². The molecule has 0 aliphatic rings. The zero-order valence-corrected chi connectivity index (χ0v) is 12.9. The van der Waals surface area contributed by atoms with Gasteiger partial charge in [-0.15, -0.1) is 0 Å². The first-order valence-electron chi connectivity index (χ1n) is 7.22. The summed E-state index contributed by atoms with van der Waals surface area (Å²) in [6, 6.07) is 0. The Hall–Kier alpha value is -0.530.